The van der Waals surface area contributed by atoms with Crippen LogP contribution in [0.15, 0.2) is 82.5 Å². The van der Waals surface area contributed by atoms with Crippen LogP contribution in [-0.4, -0.2) is 74.1 Å². The molecule has 1 amide bonds. The van der Waals surface area contributed by atoms with Crippen LogP contribution in [0.1, 0.15) is 43.9 Å². The highest BCUT2D eigenvalue weighted by Gasteiger charge is 2.21. The second-order valence-corrected chi connectivity index (χ2v) is 9.08. The van der Waals surface area contributed by atoms with Crippen molar-refractivity contribution in [2.24, 2.45) is 9.98 Å². The van der Waals surface area contributed by atoms with Gasteiger partial charge in [-0.2, -0.15) is 0 Å². The molecule has 1 fully saturated rings. The van der Waals surface area contributed by atoms with E-state index in [-0.39, 0.29) is 5.91 Å². The highest BCUT2D eigenvalue weighted by molar-refractivity contribution is 6.12. The molecule has 0 saturated carbocycles. The van der Waals surface area contributed by atoms with Crippen molar-refractivity contribution in [3.8, 4) is 12.3 Å². The average Bonchev–Trinajstić information content (AvgIpc) is 2.98. The molecule has 6 nitrogen and oxygen atoms in total. The minimum atomic E-state index is 0.204. The normalized spacial score (nSPS) is 14.8. The lowest BCUT2D eigenvalue weighted by Gasteiger charge is -2.35. The Hall–Kier alpha value is -4.11. The maximum atomic E-state index is 11.7. The highest BCUT2D eigenvalue weighted by Crippen LogP contribution is 2.15. The predicted octanol–water partition coefficient (Wildman–Crippen LogP) is 5.64. The molecule has 0 aliphatic carbocycles. The SMILES string of the molecule is C#C/C(=C\C(=NCC)N1CCN(C(=O)CC)CC1)OC.CN=C(/C=C(\C)c1ccccc1)c1cccc(C)c1. The van der Waals surface area contributed by atoms with E-state index in [1.54, 1.807) is 13.2 Å². The van der Waals surface area contributed by atoms with E-state index < -0.39 is 0 Å². The summed E-state index contributed by atoms with van der Waals surface area (Å²) in [5.74, 6) is 3.97. The van der Waals surface area contributed by atoms with Gasteiger partial charge in [0.2, 0.25) is 5.91 Å². The zero-order chi connectivity index (χ0) is 28.6. The molecule has 1 aliphatic rings. The molecule has 1 saturated heterocycles. The van der Waals surface area contributed by atoms with Crippen LogP contribution in [0.5, 0.6) is 0 Å². The van der Waals surface area contributed by atoms with E-state index in [1.807, 2.05) is 31.9 Å². The van der Waals surface area contributed by atoms with Gasteiger partial charge in [0.25, 0.3) is 0 Å². The van der Waals surface area contributed by atoms with Gasteiger partial charge in [0, 0.05) is 52.3 Å². The summed E-state index contributed by atoms with van der Waals surface area (Å²) in [6.45, 7) is 11.8. The number of allylic oxidation sites excluding steroid dienone is 3. The smallest absolute Gasteiger partial charge is 0.222 e. The Balaban J connectivity index is 0.000000274. The van der Waals surface area contributed by atoms with Gasteiger partial charge in [0.15, 0.2) is 5.76 Å². The van der Waals surface area contributed by atoms with E-state index in [2.05, 4.69) is 89.3 Å². The topological polar surface area (TPSA) is 57.5 Å². The van der Waals surface area contributed by atoms with E-state index in [0.717, 1.165) is 43.3 Å². The molecule has 0 aromatic heterocycles. The van der Waals surface area contributed by atoms with Crippen molar-refractivity contribution < 1.29 is 9.53 Å². The lowest BCUT2D eigenvalue weighted by atomic mass is 10.0. The van der Waals surface area contributed by atoms with Crippen LogP contribution in [0.4, 0.5) is 0 Å². The summed E-state index contributed by atoms with van der Waals surface area (Å²) in [5, 5.41) is 0. The summed E-state index contributed by atoms with van der Waals surface area (Å²) in [6, 6.07) is 18.8. The zero-order valence-corrected chi connectivity index (χ0v) is 24.3. The molecule has 2 aromatic carbocycles. The molecular formula is C33H42N4O2. The standard InChI is InChI=1S/C18H19N.C15H23N3O2/c1-14-8-7-11-17(12-14)18(19-3)13-15(2)16-9-5-4-6-10-16;1-5-13(20-4)12-14(16-7-3)17-8-10-18(11-9-17)15(19)6-2/h4-13H,1-3H3;1,12H,6-11H2,2-4H3/b15-13+,19-18?;13-12+,16-14?. The van der Waals surface area contributed by atoms with Crippen LogP contribution in [0.3, 0.4) is 0 Å². The first kappa shape index (κ1) is 31.1. The number of carbonyl (C=O) groups excluding carboxylic acids is 1. The lowest BCUT2D eigenvalue weighted by molar-refractivity contribution is -0.132. The number of ether oxygens (including phenoxy) is 1. The van der Waals surface area contributed by atoms with Crippen molar-refractivity contribution in [2.75, 3.05) is 46.9 Å². The molecule has 0 radical (unpaired) electrons. The number of hydrogen-bond acceptors (Lipinski definition) is 4. The largest absolute Gasteiger partial charge is 0.488 e. The number of aliphatic imine (C=N–C) groups is 2. The van der Waals surface area contributed by atoms with Gasteiger partial charge in [-0.25, -0.2) is 0 Å². The third kappa shape index (κ3) is 9.94. The van der Waals surface area contributed by atoms with Gasteiger partial charge in [-0.15, -0.1) is 6.42 Å². The molecule has 0 unspecified atom stereocenters. The zero-order valence-electron chi connectivity index (χ0n) is 24.3. The first-order chi connectivity index (χ1) is 18.9. The number of rotatable bonds is 7. The van der Waals surface area contributed by atoms with E-state index in [1.165, 1.54) is 16.7 Å². The monoisotopic (exact) mass is 526 g/mol. The fraction of sp³-hybridized carbons (Fsp3) is 0.364. The van der Waals surface area contributed by atoms with Crippen molar-refractivity contribution in [1.82, 2.24) is 9.80 Å². The van der Waals surface area contributed by atoms with Crippen LogP contribution in [0, 0.1) is 19.3 Å². The van der Waals surface area contributed by atoms with Crippen molar-refractivity contribution >= 4 is 23.0 Å². The number of amidine groups is 1. The van der Waals surface area contributed by atoms with Gasteiger partial charge in [-0.1, -0.05) is 61.0 Å². The molecule has 0 atom stereocenters. The lowest BCUT2D eigenvalue weighted by Crippen LogP contribution is -2.50. The van der Waals surface area contributed by atoms with Crippen LogP contribution >= 0.6 is 0 Å². The fourth-order valence-electron chi connectivity index (χ4n) is 4.16. The molecule has 39 heavy (non-hydrogen) atoms. The Morgan fingerprint density at radius 2 is 1.64 bits per heavy atom. The number of hydrogen-bond donors (Lipinski definition) is 0. The van der Waals surface area contributed by atoms with Crippen molar-refractivity contribution in [3.05, 3.63) is 89.2 Å². The minimum absolute atomic E-state index is 0.204. The van der Waals surface area contributed by atoms with Gasteiger partial charge in [0.1, 0.15) is 5.84 Å². The maximum Gasteiger partial charge on any atom is 0.222 e. The Labute approximate surface area is 234 Å². The van der Waals surface area contributed by atoms with E-state index >= 15 is 0 Å². The van der Waals surface area contributed by atoms with Crippen molar-refractivity contribution in [2.45, 2.75) is 34.1 Å². The Kier molecular flexibility index (Phi) is 13.3. The molecule has 0 N–H and O–H groups in total. The number of piperazine rings is 1. The first-order valence-electron chi connectivity index (χ1n) is 13.4. The van der Waals surface area contributed by atoms with E-state index in [0.29, 0.717) is 18.7 Å². The predicted molar refractivity (Wildman–Crippen MR) is 164 cm³/mol. The Morgan fingerprint density at radius 3 is 2.18 bits per heavy atom. The van der Waals surface area contributed by atoms with Gasteiger partial charge in [0.05, 0.1) is 12.8 Å². The van der Waals surface area contributed by atoms with Gasteiger partial charge in [-0.3, -0.25) is 14.8 Å². The van der Waals surface area contributed by atoms with Gasteiger partial charge < -0.3 is 14.5 Å². The molecule has 2 aromatic rings. The van der Waals surface area contributed by atoms with Crippen LogP contribution in [0.2, 0.25) is 0 Å². The molecule has 6 heteroatoms. The molecule has 1 heterocycles. The number of terminal acetylenes is 1. The van der Waals surface area contributed by atoms with E-state index in [4.69, 9.17) is 11.2 Å². The third-order valence-electron chi connectivity index (χ3n) is 6.34. The number of amides is 1. The maximum absolute atomic E-state index is 11.7. The quantitative estimate of drug-likeness (QED) is 0.203. The average molecular weight is 527 g/mol. The van der Waals surface area contributed by atoms with Crippen molar-refractivity contribution in [3.63, 3.8) is 0 Å². The number of carbonyl (C=O) groups is 1. The van der Waals surface area contributed by atoms with Crippen LogP contribution in [-0.2, 0) is 9.53 Å². The third-order valence-corrected chi connectivity index (χ3v) is 6.34. The number of aryl methyl sites for hydroxylation is 1. The molecule has 3 rings (SSSR count). The molecule has 0 spiro atoms. The first-order valence-corrected chi connectivity index (χ1v) is 13.4. The summed E-state index contributed by atoms with van der Waals surface area (Å²) in [6.07, 6.45) is 9.85. The summed E-state index contributed by atoms with van der Waals surface area (Å²) in [5.41, 5.74) is 5.89. The summed E-state index contributed by atoms with van der Waals surface area (Å²) in [4.78, 5) is 24.6. The molecule has 1 aliphatic heterocycles. The minimum Gasteiger partial charge on any atom is -0.488 e. The summed E-state index contributed by atoms with van der Waals surface area (Å²) >= 11 is 0. The van der Waals surface area contributed by atoms with Gasteiger partial charge in [-0.05, 0) is 55.5 Å². The summed E-state index contributed by atoms with van der Waals surface area (Å²) in [7, 11) is 3.39. The highest BCUT2D eigenvalue weighted by atomic mass is 16.5. The number of methoxy groups -OCH3 is 1. The molecule has 0 bridgehead atoms. The second kappa shape index (κ2) is 16.7. The van der Waals surface area contributed by atoms with E-state index in [9.17, 15) is 4.79 Å². The fourth-order valence-corrected chi connectivity index (χ4v) is 4.16. The Morgan fingerprint density at radius 1 is 1.00 bits per heavy atom. The molecular weight excluding hydrogens is 484 g/mol. The number of nitrogens with zero attached hydrogens (tertiary/aromatic N) is 4. The Bertz CT molecular complexity index is 1230. The summed E-state index contributed by atoms with van der Waals surface area (Å²) < 4.78 is 5.10. The second-order valence-electron chi connectivity index (χ2n) is 9.08. The van der Waals surface area contributed by atoms with Crippen molar-refractivity contribution in [1.29, 1.82) is 0 Å². The van der Waals surface area contributed by atoms with Crippen LogP contribution < -0.4 is 0 Å². The molecule has 206 valence electrons. The number of benzene rings is 2. The van der Waals surface area contributed by atoms with Crippen LogP contribution in [0.25, 0.3) is 5.57 Å². The van der Waals surface area contributed by atoms with Gasteiger partial charge >= 0.3 is 0 Å².